The number of hydrogen-bond acceptors (Lipinski definition) is 4. The smallest absolute Gasteiger partial charge is 0.264 e. The molecule has 0 aromatic rings. The van der Waals surface area contributed by atoms with Gasteiger partial charge in [0.05, 0.1) is 6.04 Å². The Morgan fingerprint density at radius 1 is 1.79 bits per heavy atom. The Labute approximate surface area is 81.9 Å². The Morgan fingerprint density at radius 2 is 2.43 bits per heavy atom. The maximum Gasteiger partial charge on any atom is 0.264 e. The van der Waals surface area contributed by atoms with E-state index in [1.807, 2.05) is 0 Å². The molecule has 0 amide bonds. The third-order valence-electron chi connectivity index (χ3n) is 2.30. The first-order valence-corrected chi connectivity index (χ1v) is 4.20. The minimum atomic E-state index is -1.33. The Kier molecular flexibility index (Phi) is 2.71. The minimum Gasteiger partial charge on any atom is -0.399 e. The molecular formula is C9H13N3O2. The zero-order chi connectivity index (χ0) is 10.8. The summed E-state index contributed by atoms with van der Waals surface area (Å²) >= 11 is 0. The van der Waals surface area contributed by atoms with Gasteiger partial charge in [0.1, 0.15) is 0 Å². The second-order valence-corrected chi connectivity index (χ2v) is 3.27. The molecule has 76 valence electrons. The first kappa shape index (κ1) is 10.5. The van der Waals surface area contributed by atoms with E-state index in [2.05, 4.69) is 6.58 Å². The van der Waals surface area contributed by atoms with Crippen molar-refractivity contribution in [2.45, 2.75) is 18.0 Å². The van der Waals surface area contributed by atoms with Crippen LogP contribution in [0.15, 0.2) is 36.6 Å². The predicted octanol–water partition coefficient (Wildman–Crippen LogP) is 0.318. The average Bonchev–Trinajstić information content (AvgIpc) is 2.11. The number of rotatable bonds is 3. The van der Waals surface area contributed by atoms with E-state index in [1.165, 1.54) is 12.2 Å². The van der Waals surface area contributed by atoms with E-state index in [9.17, 15) is 10.1 Å². The Morgan fingerprint density at radius 3 is 2.93 bits per heavy atom. The van der Waals surface area contributed by atoms with Gasteiger partial charge in [-0.2, -0.15) is 0 Å². The highest BCUT2D eigenvalue weighted by Gasteiger charge is 2.46. The molecule has 0 bridgehead atoms. The molecule has 0 fully saturated rings. The van der Waals surface area contributed by atoms with Gasteiger partial charge in [-0.15, -0.1) is 6.58 Å². The zero-order valence-electron chi connectivity index (χ0n) is 7.72. The van der Waals surface area contributed by atoms with Gasteiger partial charge in [-0.3, -0.25) is 10.1 Å². The second-order valence-electron chi connectivity index (χ2n) is 3.27. The summed E-state index contributed by atoms with van der Waals surface area (Å²) in [5.74, 6) is 0. The number of allylic oxidation sites excluding steroid dienone is 1. The number of nitrogens with two attached hydrogens (primary N) is 2. The molecule has 0 saturated carbocycles. The standard InChI is InChI=1S/C9H13N3O2/c1-2-5-9(12(13)14)6-7(10)3-4-8(9)11/h2-4,6,8H,1,5,10-11H2. The van der Waals surface area contributed by atoms with Gasteiger partial charge in [-0.25, -0.2) is 0 Å². The van der Waals surface area contributed by atoms with Crippen LogP contribution in [0.25, 0.3) is 0 Å². The number of hydrogen-bond donors (Lipinski definition) is 2. The van der Waals surface area contributed by atoms with Crippen LogP contribution >= 0.6 is 0 Å². The summed E-state index contributed by atoms with van der Waals surface area (Å²) < 4.78 is 0. The van der Waals surface area contributed by atoms with Crippen LogP contribution in [0.2, 0.25) is 0 Å². The molecular weight excluding hydrogens is 182 g/mol. The molecule has 2 unspecified atom stereocenters. The highest BCUT2D eigenvalue weighted by atomic mass is 16.6. The van der Waals surface area contributed by atoms with E-state index in [4.69, 9.17) is 11.5 Å². The summed E-state index contributed by atoms with van der Waals surface area (Å²) in [5.41, 5.74) is 10.2. The summed E-state index contributed by atoms with van der Waals surface area (Å²) in [7, 11) is 0. The molecule has 0 radical (unpaired) electrons. The highest BCUT2D eigenvalue weighted by molar-refractivity contribution is 5.31. The Hall–Kier alpha value is -1.62. The molecule has 5 heteroatoms. The molecule has 14 heavy (non-hydrogen) atoms. The van der Waals surface area contributed by atoms with Crippen molar-refractivity contribution in [2.24, 2.45) is 11.5 Å². The summed E-state index contributed by atoms with van der Waals surface area (Å²) in [6.45, 7) is 3.49. The molecule has 0 heterocycles. The average molecular weight is 195 g/mol. The van der Waals surface area contributed by atoms with Crippen molar-refractivity contribution in [1.82, 2.24) is 0 Å². The monoisotopic (exact) mass is 195 g/mol. The Bertz CT molecular complexity index is 322. The van der Waals surface area contributed by atoms with Crippen LogP contribution in [0.1, 0.15) is 6.42 Å². The lowest BCUT2D eigenvalue weighted by molar-refractivity contribution is -0.556. The third-order valence-corrected chi connectivity index (χ3v) is 2.30. The lowest BCUT2D eigenvalue weighted by atomic mass is 9.83. The van der Waals surface area contributed by atoms with Gasteiger partial charge < -0.3 is 11.5 Å². The topological polar surface area (TPSA) is 95.2 Å². The van der Waals surface area contributed by atoms with Crippen LogP contribution in [-0.4, -0.2) is 16.5 Å². The fourth-order valence-electron chi connectivity index (χ4n) is 1.49. The van der Waals surface area contributed by atoms with E-state index in [0.717, 1.165) is 0 Å². The van der Waals surface area contributed by atoms with Gasteiger partial charge in [0.25, 0.3) is 5.54 Å². The van der Waals surface area contributed by atoms with Crippen molar-refractivity contribution in [3.63, 3.8) is 0 Å². The molecule has 1 aliphatic rings. The van der Waals surface area contributed by atoms with Gasteiger partial charge in [-0.05, 0) is 6.08 Å². The van der Waals surface area contributed by atoms with Crippen molar-refractivity contribution in [3.8, 4) is 0 Å². The fraction of sp³-hybridized carbons (Fsp3) is 0.333. The van der Waals surface area contributed by atoms with Crippen LogP contribution in [-0.2, 0) is 0 Å². The molecule has 5 nitrogen and oxygen atoms in total. The van der Waals surface area contributed by atoms with Crippen molar-refractivity contribution < 1.29 is 4.92 Å². The maximum atomic E-state index is 11.0. The molecule has 0 spiro atoms. The van der Waals surface area contributed by atoms with Gasteiger partial charge in [0.2, 0.25) is 0 Å². The molecule has 0 aliphatic heterocycles. The number of nitro groups is 1. The molecule has 1 rings (SSSR count). The van der Waals surface area contributed by atoms with E-state index < -0.39 is 16.5 Å². The van der Waals surface area contributed by atoms with Crippen molar-refractivity contribution in [3.05, 3.63) is 46.7 Å². The van der Waals surface area contributed by atoms with Crippen LogP contribution in [0.5, 0.6) is 0 Å². The molecule has 2 atom stereocenters. The Balaban J connectivity index is 3.14. The normalized spacial score (nSPS) is 30.9. The molecule has 4 N–H and O–H groups in total. The van der Waals surface area contributed by atoms with E-state index >= 15 is 0 Å². The van der Waals surface area contributed by atoms with Gasteiger partial charge >= 0.3 is 0 Å². The predicted molar refractivity (Wildman–Crippen MR) is 53.9 cm³/mol. The van der Waals surface area contributed by atoms with Crippen LogP contribution in [0, 0.1) is 10.1 Å². The van der Waals surface area contributed by atoms with E-state index in [0.29, 0.717) is 5.70 Å². The molecule has 0 saturated heterocycles. The maximum absolute atomic E-state index is 11.0. The molecule has 0 aromatic carbocycles. The van der Waals surface area contributed by atoms with Gasteiger partial charge in [0, 0.05) is 23.1 Å². The third kappa shape index (κ3) is 1.54. The summed E-state index contributed by atoms with van der Waals surface area (Å²) in [4.78, 5) is 10.6. The lowest BCUT2D eigenvalue weighted by Gasteiger charge is -2.27. The van der Waals surface area contributed by atoms with Gasteiger partial charge in [0.15, 0.2) is 0 Å². The van der Waals surface area contributed by atoms with Crippen molar-refractivity contribution in [1.29, 1.82) is 0 Å². The van der Waals surface area contributed by atoms with Crippen LogP contribution in [0.4, 0.5) is 0 Å². The first-order chi connectivity index (χ1) is 6.53. The van der Waals surface area contributed by atoms with Crippen LogP contribution < -0.4 is 11.5 Å². The fourth-order valence-corrected chi connectivity index (χ4v) is 1.49. The summed E-state index contributed by atoms with van der Waals surface area (Å²) in [5, 5.41) is 11.0. The summed E-state index contributed by atoms with van der Waals surface area (Å²) in [6.07, 6.45) is 6.16. The van der Waals surface area contributed by atoms with Crippen LogP contribution in [0.3, 0.4) is 0 Å². The molecule has 0 aromatic heterocycles. The number of nitrogens with zero attached hydrogens (tertiary/aromatic N) is 1. The highest BCUT2D eigenvalue weighted by Crippen LogP contribution is 2.26. The first-order valence-electron chi connectivity index (χ1n) is 4.20. The van der Waals surface area contributed by atoms with Gasteiger partial charge in [-0.1, -0.05) is 12.2 Å². The summed E-state index contributed by atoms with van der Waals surface area (Å²) in [6, 6.07) is -0.664. The second kappa shape index (κ2) is 3.63. The zero-order valence-corrected chi connectivity index (χ0v) is 7.72. The SMILES string of the molecule is C=CCC1([N+](=O)[O-])C=C(N)C=CC1N. The molecule has 1 aliphatic carbocycles. The van der Waals surface area contributed by atoms with E-state index in [-0.39, 0.29) is 6.42 Å². The largest absolute Gasteiger partial charge is 0.399 e. The van der Waals surface area contributed by atoms with Crippen molar-refractivity contribution >= 4 is 0 Å². The van der Waals surface area contributed by atoms with E-state index in [1.54, 1.807) is 12.2 Å². The lowest BCUT2D eigenvalue weighted by Crippen LogP contribution is -2.52. The van der Waals surface area contributed by atoms with Crippen molar-refractivity contribution in [2.75, 3.05) is 0 Å². The minimum absolute atomic E-state index is 0.173. The quantitative estimate of drug-likeness (QED) is 0.385.